The first-order valence-corrected chi connectivity index (χ1v) is 9.44. The predicted molar refractivity (Wildman–Crippen MR) is 83.6 cm³/mol. The number of halogens is 3. The lowest BCUT2D eigenvalue weighted by Gasteiger charge is -2.09. The van der Waals surface area contributed by atoms with Gasteiger partial charge < -0.3 is 9.47 Å². The van der Waals surface area contributed by atoms with Crippen molar-refractivity contribution in [3.8, 4) is 0 Å². The van der Waals surface area contributed by atoms with Crippen LogP contribution in [-0.4, -0.2) is 34.2 Å². The number of carbonyl (C=O) groups excluding carboxylic acids is 1. The molecule has 0 fully saturated rings. The number of hydrogen-bond donors (Lipinski definition) is 0. The molecule has 1 aromatic carbocycles. The van der Waals surface area contributed by atoms with Crippen LogP contribution in [0.5, 0.6) is 0 Å². The Bertz CT molecular complexity index is 618. The van der Waals surface area contributed by atoms with Gasteiger partial charge in [-0.1, -0.05) is 18.5 Å². The lowest BCUT2D eigenvalue weighted by Crippen LogP contribution is -2.12. The van der Waals surface area contributed by atoms with E-state index in [-0.39, 0.29) is 33.2 Å². The molecule has 0 saturated carbocycles. The highest BCUT2D eigenvalue weighted by Gasteiger charge is 2.20. The molecule has 0 unspecified atom stereocenters. The fraction of sp³-hybridized carbons (Fsp3) is 0.417. The van der Waals surface area contributed by atoms with Gasteiger partial charge in [-0.25, -0.2) is 13.2 Å². The molecule has 0 atom stereocenters. The predicted octanol–water partition coefficient (Wildman–Crippen LogP) is 3.61. The van der Waals surface area contributed by atoms with Gasteiger partial charge in [-0.05, 0) is 34.5 Å². The number of benzene rings is 1. The molecular weight excluding hydrogens is 407 g/mol. The Labute approximate surface area is 141 Å². The average Bonchev–Trinajstić information content (AvgIpc) is 2.40. The van der Waals surface area contributed by atoms with Crippen molar-refractivity contribution in [2.45, 2.75) is 18.2 Å². The highest BCUT2D eigenvalue weighted by atomic mass is 79.9. The molecule has 0 aliphatic carbocycles. The van der Waals surface area contributed by atoms with Crippen molar-refractivity contribution in [3.63, 3.8) is 0 Å². The van der Waals surface area contributed by atoms with Crippen molar-refractivity contribution >= 4 is 53.2 Å². The normalized spacial score (nSPS) is 11.4. The van der Waals surface area contributed by atoms with Gasteiger partial charge in [0.05, 0.1) is 22.1 Å². The molecule has 0 spiro atoms. The summed E-state index contributed by atoms with van der Waals surface area (Å²) in [6.45, 7) is 2.84. The van der Waals surface area contributed by atoms with Crippen molar-refractivity contribution < 1.29 is 22.7 Å². The van der Waals surface area contributed by atoms with Gasteiger partial charge in [-0.3, -0.25) is 0 Å². The molecule has 0 saturated heterocycles. The summed E-state index contributed by atoms with van der Waals surface area (Å²) in [4.78, 5) is 11.7. The van der Waals surface area contributed by atoms with E-state index >= 15 is 0 Å². The van der Waals surface area contributed by atoms with E-state index in [1.807, 2.05) is 6.92 Å². The second-order valence-electron chi connectivity index (χ2n) is 3.95. The Morgan fingerprint density at radius 1 is 1.29 bits per heavy atom. The summed E-state index contributed by atoms with van der Waals surface area (Å²) in [5.41, 5.74) is -0.0826. The van der Waals surface area contributed by atoms with Crippen LogP contribution in [0.3, 0.4) is 0 Å². The second kappa shape index (κ2) is 8.33. The number of rotatable bonds is 7. The molecule has 0 radical (unpaired) electrons. The van der Waals surface area contributed by atoms with Crippen molar-refractivity contribution in [1.82, 2.24) is 0 Å². The van der Waals surface area contributed by atoms with Crippen molar-refractivity contribution in [1.29, 1.82) is 0 Å². The summed E-state index contributed by atoms with van der Waals surface area (Å²) in [5.74, 6) is -0.747. The van der Waals surface area contributed by atoms with E-state index in [0.717, 1.165) is 12.5 Å². The van der Waals surface area contributed by atoms with Crippen LogP contribution < -0.4 is 0 Å². The number of hydrogen-bond acceptors (Lipinski definition) is 5. The molecule has 0 heterocycles. The van der Waals surface area contributed by atoms with E-state index in [1.165, 1.54) is 6.07 Å². The molecule has 0 bridgehead atoms. The lowest BCUT2D eigenvalue weighted by atomic mass is 10.2. The van der Waals surface area contributed by atoms with E-state index in [9.17, 15) is 13.2 Å². The average molecular weight is 420 g/mol. The molecule has 1 aromatic rings. The van der Waals surface area contributed by atoms with Gasteiger partial charge >= 0.3 is 5.97 Å². The lowest BCUT2D eigenvalue weighted by molar-refractivity contribution is 0.0318. The first kappa shape index (κ1) is 18.7. The van der Waals surface area contributed by atoms with Crippen molar-refractivity contribution in [2.75, 3.05) is 19.8 Å². The summed E-state index contributed by atoms with van der Waals surface area (Å²) in [6, 6.07) is 2.29. The third-order valence-corrected chi connectivity index (χ3v) is 4.91. The molecule has 0 aliphatic heterocycles. The Hall–Kier alpha value is -0.340. The third kappa shape index (κ3) is 5.75. The summed E-state index contributed by atoms with van der Waals surface area (Å²) < 4.78 is 33.0. The Morgan fingerprint density at radius 3 is 2.52 bits per heavy atom. The molecule has 9 heteroatoms. The van der Waals surface area contributed by atoms with Gasteiger partial charge in [-0.2, -0.15) is 0 Å². The van der Waals surface area contributed by atoms with Gasteiger partial charge in [0.2, 0.25) is 0 Å². The maximum absolute atomic E-state index is 11.9. The standard InChI is InChI=1S/C12H13BrCl2O5S/c1-2-3-19-4-5-20-12(16)9-6-8(21(15,17)18)7-10(13)11(9)14/h6-7H,2-5H2,1H3. The number of esters is 1. The quantitative estimate of drug-likeness (QED) is 0.383. The number of ether oxygens (including phenoxy) is 2. The van der Waals surface area contributed by atoms with Crippen molar-refractivity contribution in [2.24, 2.45) is 0 Å². The molecule has 5 nitrogen and oxygen atoms in total. The van der Waals surface area contributed by atoms with Gasteiger partial charge in [0.1, 0.15) is 6.61 Å². The first-order chi connectivity index (χ1) is 9.77. The zero-order valence-corrected chi connectivity index (χ0v) is 15.0. The van der Waals surface area contributed by atoms with Crippen LogP contribution in [0, 0.1) is 0 Å². The molecule has 0 N–H and O–H groups in total. The minimum Gasteiger partial charge on any atom is -0.460 e. The fourth-order valence-electron chi connectivity index (χ4n) is 1.37. The molecule has 1 rings (SSSR count). The van der Waals surface area contributed by atoms with Crippen molar-refractivity contribution in [3.05, 3.63) is 27.2 Å². The van der Waals surface area contributed by atoms with E-state index in [0.29, 0.717) is 6.61 Å². The van der Waals surface area contributed by atoms with Crippen LogP contribution in [0.2, 0.25) is 5.02 Å². The molecule has 0 amide bonds. The maximum atomic E-state index is 11.9. The van der Waals surface area contributed by atoms with E-state index in [1.54, 1.807) is 0 Å². The van der Waals surface area contributed by atoms with Crippen LogP contribution in [-0.2, 0) is 18.5 Å². The van der Waals surface area contributed by atoms with Gasteiger partial charge in [0.15, 0.2) is 0 Å². The minimum absolute atomic E-state index is 0.0463. The second-order valence-corrected chi connectivity index (χ2v) is 7.75. The first-order valence-electron chi connectivity index (χ1n) is 5.96. The minimum atomic E-state index is -3.98. The molecular formula is C12H13BrCl2O5S. The van der Waals surface area contributed by atoms with Crippen LogP contribution in [0.4, 0.5) is 0 Å². The highest BCUT2D eigenvalue weighted by molar-refractivity contribution is 9.10. The largest absolute Gasteiger partial charge is 0.460 e. The Balaban J connectivity index is 2.86. The molecule has 0 aromatic heterocycles. The van der Waals surface area contributed by atoms with Crippen LogP contribution in [0.15, 0.2) is 21.5 Å². The zero-order chi connectivity index (χ0) is 16.0. The van der Waals surface area contributed by atoms with Crippen LogP contribution in [0.25, 0.3) is 0 Å². The monoisotopic (exact) mass is 418 g/mol. The smallest absolute Gasteiger partial charge is 0.339 e. The third-order valence-electron chi connectivity index (χ3n) is 2.31. The number of carbonyl (C=O) groups is 1. The zero-order valence-electron chi connectivity index (χ0n) is 11.1. The highest BCUT2D eigenvalue weighted by Crippen LogP contribution is 2.31. The fourth-order valence-corrected chi connectivity index (χ4v) is 2.95. The van der Waals surface area contributed by atoms with Crippen LogP contribution >= 0.6 is 38.2 Å². The SMILES string of the molecule is CCCOCCOC(=O)c1cc(S(=O)(=O)Cl)cc(Br)c1Cl. The summed E-state index contributed by atoms with van der Waals surface area (Å²) >= 11 is 9.03. The van der Waals surface area contributed by atoms with Gasteiger partial charge in [0.25, 0.3) is 9.05 Å². The van der Waals surface area contributed by atoms with Gasteiger partial charge in [0, 0.05) is 21.8 Å². The van der Waals surface area contributed by atoms with E-state index in [2.05, 4.69) is 15.9 Å². The van der Waals surface area contributed by atoms with E-state index in [4.69, 9.17) is 31.8 Å². The topological polar surface area (TPSA) is 69.7 Å². The molecule has 21 heavy (non-hydrogen) atoms. The Morgan fingerprint density at radius 2 is 1.95 bits per heavy atom. The maximum Gasteiger partial charge on any atom is 0.339 e. The summed E-state index contributed by atoms with van der Waals surface area (Å²) in [6.07, 6.45) is 0.863. The summed E-state index contributed by atoms with van der Waals surface area (Å²) in [5, 5.41) is 0.0542. The Kier molecular flexibility index (Phi) is 7.42. The van der Waals surface area contributed by atoms with E-state index < -0.39 is 15.0 Å². The van der Waals surface area contributed by atoms with Crippen LogP contribution in [0.1, 0.15) is 23.7 Å². The summed E-state index contributed by atoms with van der Waals surface area (Å²) in [7, 11) is 1.28. The molecule has 0 aliphatic rings. The van der Waals surface area contributed by atoms with Gasteiger partial charge in [-0.15, -0.1) is 0 Å². The molecule has 118 valence electrons.